The predicted octanol–water partition coefficient (Wildman–Crippen LogP) is 5.87. The number of ketones is 1. The number of hydrogen-bond donors (Lipinski definition) is 1. The van der Waals surface area contributed by atoms with Crippen molar-refractivity contribution in [3.63, 3.8) is 0 Å². The Labute approximate surface area is 220 Å². The summed E-state index contributed by atoms with van der Waals surface area (Å²) < 4.78 is 17.7. The molecule has 37 heavy (non-hydrogen) atoms. The molecule has 1 unspecified atom stereocenters. The molecule has 3 aromatic carbocycles. The zero-order chi connectivity index (χ0) is 26.3. The third kappa shape index (κ3) is 4.01. The van der Waals surface area contributed by atoms with Gasteiger partial charge in [-0.2, -0.15) is 5.26 Å². The number of nitriles is 1. The van der Waals surface area contributed by atoms with Crippen LogP contribution in [0.1, 0.15) is 27.7 Å². The van der Waals surface area contributed by atoms with Crippen LogP contribution in [-0.2, 0) is 4.79 Å². The zero-order valence-corrected chi connectivity index (χ0v) is 21.3. The lowest BCUT2D eigenvalue weighted by molar-refractivity contribution is -0.117. The molecule has 0 bridgehead atoms. The Morgan fingerprint density at radius 1 is 1.08 bits per heavy atom. The predicted molar refractivity (Wildman–Crippen MR) is 139 cm³/mol. The van der Waals surface area contributed by atoms with Gasteiger partial charge in [-0.3, -0.25) is 14.5 Å². The number of carbonyl (C=O) groups is 2. The average molecular weight is 559 g/mol. The third-order valence-corrected chi connectivity index (χ3v) is 6.65. The van der Waals surface area contributed by atoms with Crippen molar-refractivity contribution in [2.75, 3.05) is 19.1 Å². The number of carbonyl (C=O) groups excluding carboxylic acids is 2. The maximum absolute atomic E-state index is 13.9. The van der Waals surface area contributed by atoms with Crippen molar-refractivity contribution >= 4 is 44.3 Å². The molecule has 0 fully saturated rings. The average Bonchev–Trinajstić information content (AvgIpc) is 3.45. The number of methoxy groups -OCH3 is 2. The lowest BCUT2D eigenvalue weighted by Crippen LogP contribution is -2.31. The van der Waals surface area contributed by atoms with Crippen LogP contribution in [0.2, 0.25) is 0 Å². The topological polar surface area (TPSA) is 113 Å². The summed E-state index contributed by atoms with van der Waals surface area (Å²) in [5.41, 5.74) is 1.51. The number of Topliss-reactive ketones (excluding diaryl/α,β-unsaturated/α-hetero) is 1. The minimum atomic E-state index is -1.07. The van der Waals surface area contributed by atoms with Gasteiger partial charge in [0, 0.05) is 21.1 Å². The minimum absolute atomic E-state index is 0.0315. The van der Waals surface area contributed by atoms with E-state index in [2.05, 4.69) is 15.9 Å². The van der Waals surface area contributed by atoms with Crippen molar-refractivity contribution in [2.24, 2.45) is 0 Å². The molecule has 184 valence electrons. The molecule has 0 radical (unpaired) electrons. The molecule has 1 aliphatic rings. The van der Waals surface area contributed by atoms with Gasteiger partial charge in [-0.25, -0.2) is 0 Å². The van der Waals surface area contributed by atoms with Crippen molar-refractivity contribution in [3.8, 4) is 17.6 Å². The SMILES string of the molecule is COc1cccc(C2C(C(=O)c3cc4cc(Br)ccc4o3)=C(O)C(=O)N2c2ccc(C#N)cc2)c1OC. The fourth-order valence-electron chi connectivity index (χ4n) is 4.48. The Bertz CT molecular complexity index is 1630. The van der Waals surface area contributed by atoms with Crippen LogP contribution in [0.5, 0.6) is 11.5 Å². The van der Waals surface area contributed by atoms with E-state index in [9.17, 15) is 20.0 Å². The van der Waals surface area contributed by atoms with Crippen LogP contribution in [-0.4, -0.2) is 31.0 Å². The number of rotatable bonds is 6. The molecule has 1 aliphatic heterocycles. The maximum atomic E-state index is 13.9. The van der Waals surface area contributed by atoms with E-state index in [-0.39, 0.29) is 11.3 Å². The number of hydrogen-bond acceptors (Lipinski definition) is 7. The summed E-state index contributed by atoms with van der Waals surface area (Å²) in [6.07, 6.45) is 0. The van der Waals surface area contributed by atoms with Crippen LogP contribution in [0.15, 0.2) is 87.0 Å². The smallest absolute Gasteiger partial charge is 0.294 e. The van der Waals surface area contributed by atoms with Crippen LogP contribution in [0.3, 0.4) is 0 Å². The monoisotopic (exact) mass is 558 g/mol. The Hall–Kier alpha value is -4.55. The summed E-state index contributed by atoms with van der Waals surface area (Å²) in [4.78, 5) is 28.6. The van der Waals surface area contributed by atoms with Crippen molar-refractivity contribution in [1.82, 2.24) is 0 Å². The van der Waals surface area contributed by atoms with Crippen molar-refractivity contribution < 1.29 is 28.6 Å². The lowest BCUT2D eigenvalue weighted by Gasteiger charge is -2.28. The van der Waals surface area contributed by atoms with Crippen molar-refractivity contribution in [1.29, 1.82) is 5.26 Å². The third-order valence-electron chi connectivity index (χ3n) is 6.16. The number of aliphatic hydroxyl groups excluding tert-OH is 1. The summed E-state index contributed by atoms with van der Waals surface area (Å²) in [6.45, 7) is 0. The molecule has 2 heterocycles. The van der Waals surface area contributed by atoms with E-state index in [0.29, 0.717) is 39.3 Å². The summed E-state index contributed by atoms with van der Waals surface area (Å²) in [6, 6.07) is 19.2. The van der Waals surface area contributed by atoms with Crippen LogP contribution in [0.4, 0.5) is 5.69 Å². The fourth-order valence-corrected chi connectivity index (χ4v) is 4.86. The van der Waals surface area contributed by atoms with Crippen LogP contribution in [0.25, 0.3) is 11.0 Å². The molecule has 1 N–H and O–H groups in total. The van der Waals surface area contributed by atoms with E-state index < -0.39 is 23.5 Å². The minimum Gasteiger partial charge on any atom is -0.503 e. The number of amides is 1. The number of nitrogens with zero attached hydrogens (tertiary/aromatic N) is 2. The highest BCUT2D eigenvalue weighted by Gasteiger charge is 2.46. The van der Waals surface area contributed by atoms with Gasteiger partial charge in [0.15, 0.2) is 23.0 Å². The van der Waals surface area contributed by atoms with Gasteiger partial charge in [-0.05, 0) is 54.6 Å². The molecule has 0 spiro atoms. The normalized spacial score (nSPS) is 15.2. The molecule has 8 nitrogen and oxygen atoms in total. The standard InChI is InChI=1S/C28H19BrN2O6/c1-35-21-5-3-4-19(27(21)36-2)24-23(25(32)22-13-16-12-17(29)8-11-20(16)37-22)26(33)28(34)31(24)18-9-6-15(14-30)7-10-18/h3-13,24,33H,1-2H3. The second-order valence-electron chi connectivity index (χ2n) is 8.20. The molecule has 0 saturated carbocycles. The van der Waals surface area contributed by atoms with Gasteiger partial charge in [0.25, 0.3) is 5.91 Å². The van der Waals surface area contributed by atoms with Crippen molar-refractivity contribution in [2.45, 2.75) is 6.04 Å². The Balaban J connectivity index is 1.71. The first kappa shape index (κ1) is 24.2. The first-order valence-corrected chi connectivity index (χ1v) is 11.9. The number of aliphatic hydroxyl groups is 1. The first-order chi connectivity index (χ1) is 17.9. The molecule has 9 heteroatoms. The molecule has 1 amide bonds. The molecular weight excluding hydrogens is 540 g/mol. The van der Waals surface area contributed by atoms with Gasteiger partial charge in [0.1, 0.15) is 5.58 Å². The highest BCUT2D eigenvalue weighted by Crippen LogP contribution is 2.47. The largest absolute Gasteiger partial charge is 0.503 e. The molecule has 0 aliphatic carbocycles. The van der Waals surface area contributed by atoms with Gasteiger partial charge in [-0.1, -0.05) is 28.1 Å². The number of halogens is 1. The number of fused-ring (bicyclic) bond motifs is 1. The van der Waals surface area contributed by atoms with E-state index in [1.165, 1.54) is 19.1 Å². The fraction of sp³-hybridized carbons (Fsp3) is 0.107. The maximum Gasteiger partial charge on any atom is 0.294 e. The highest BCUT2D eigenvalue weighted by molar-refractivity contribution is 9.10. The van der Waals surface area contributed by atoms with Gasteiger partial charge in [0.05, 0.1) is 37.5 Å². The summed E-state index contributed by atoms with van der Waals surface area (Å²) in [5, 5.41) is 20.9. The second kappa shape index (κ2) is 9.48. The molecular formula is C28H19BrN2O6. The van der Waals surface area contributed by atoms with E-state index in [1.54, 1.807) is 66.7 Å². The van der Waals surface area contributed by atoms with Gasteiger partial charge in [0.2, 0.25) is 5.78 Å². The number of para-hydroxylation sites is 1. The second-order valence-corrected chi connectivity index (χ2v) is 9.12. The van der Waals surface area contributed by atoms with E-state index in [0.717, 1.165) is 4.47 Å². The zero-order valence-electron chi connectivity index (χ0n) is 19.7. The molecule has 5 rings (SSSR count). The Morgan fingerprint density at radius 3 is 2.51 bits per heavy atom. The first-order valence-electron chi connectivity index (χ1n) is 11.1. The number of benzene rings is 3. The summed E-state index contributed by atoms with van der Waals surface area (Å²) in [5.74, 6) is -1.47. The van der Waals surface area contributed by atoms with Crippen LogP contribution >= 0.6 is 15.9 Å². The Kier molecular flexibility index (Phi) is 6.19. The summed E-state index contributed by atoms with van der Waals surface area (Å²) >= 11 is 3.40. The number of ether oxygens (including phenoxy) is 2. The quantitative estimate of drug-likeness (QED) is 0.294. The van der Waals surface area contributed by atoms with E-state index >= 15 is 0 Å². The van der Waals surface area contributed by atoms with Crippen molar-refractivity contribution in [3.05, 3.63) is 99.4 Å². The van der Waals surface area contributed by atoms with Gasteiger partial charge in [-0.15, -0.1) is 0 Å². The highest BCUT2D eigenvalue weighted by atomic mass is 79.9. The van der Waals surface area contributed by atoms with Gasteiger partial charge < -0.3 is 19.0 Å². The van der Waals surface area contributed by atoms with Crippen LogP contribution in [0, 0.1) is 11.3 Å². The number of furan rings is 1. The summed E-state index contributed by atoms with van der Waals surface area (Å²) in [7, 11) is 2.93. The number of anilines is 1. The molecule has 1 atom stereocenters. The van der Waals surface area contributed by atoms with Crippen LogP contribution < -0.4 is 14.4 Å². The molecule has 4 aromatic rings. The lowest BCUT2D eigenvalue weighted by atomic mass is 9.93. The molecule has 0 saturated heterocycles. The van der Waals surface area contributed by atoms with E-state index in [4.69, 9.17) is 13.9 Å². The van der Waals surface area contributed by atoms with Gasteiger partial charge >= 0.3 is 0 Å². The molecule has 1 aromatic heterocycles. The Morgan fingerprint density at radius 2 is 1.84 bits per heavy atom. The van der Waals surface area contributed by atoms with E-state index in [1.807, 2.05) is 6.07 Å².